The summed E-state index contributed by atoms with van der Waals surface area (Å²) >= 11 is 0. The maximum atomic E-state index is 11.0. The van der Waals surface area contributed by atoms with Gasteiger partial charge in [0.1, 0.15) is 0 Å². The Labute approximate surface area is 93.4 Å². The largest absolute Gasteiger partial charge is 0.359 e. The Hall–Kier alpha value is -0.610. The van der Waals surface area contributed by atoms with Crippen molar-refractivity contribution in [3.63, 3.8) is 0 Å². The number of carbonyl (C=O) groups is 1. The summed E-state index contributed by atoms with van der Waals surface area (Å²) in [5.41, 5.74) is 0. The lowest BCUT2D eigenvalue weighted by molar-refractivity contribution is -0.120. The Morgan fingerprint density at radius 3 is 2.33 bits per heavy atom. The van der Waals surface area contributed by atoms with Crippen molar-refractivity contribution in [2.75, 3.05) is 34.2 Å². The van der Waals surface area contributed by atoms with E-state index in [4.69, 9.17) is 0 Å². The van der Waals surface area contributed by atoms with Crippen LogP contribution in [0.5, 0.6) is 0 Å². The molecule has 0 fully saturated rings. The quantitative estimate of drug-likeness (QED) is 0.642. The zero-order valence-corrected chi connectivity index (χ0v) is 10.6. The fourth-order valence-corrected chi connectivity index (χ4v) is 1.40. The molecule has 0 aliphatic rings. The van der Waals surface area contributed by atoms with Crippen molar-refractivity contribution in [3.05, 3.63) is 0 Å². The van der Waals surface area contributed by atoms with Crippen molar-refractivity contribution >= 4 is 5.91 Å². The highest BCUT2D eigenvalue weighted by atomic mass is 16.1. The number of amides is 1. The smallest absolute Gasteiger partial charge is 0.221 e. The molecule has 0 spiro atoms. The van der Waals surface area contributed by atoms with Crippen LogP contribution in [-0.4, -0.2) is 51.1 Å². The molecule has 0 aromatic heterocycles. The van der Waals surface area contributed by atoms with E-state index in [9.17, 15) is 4.79 Å². The molecule has 0 saturated heterocycles. The number of nitrogens with one attached hydrogen (secondary N) is 2. The summed E-state index contributed by atoms with van der Waals surface area (Å²) in [6.45, 7) is 6.14. The number of carbonyl (C=O) groups excluding carboxylic acids is 1. The van der Waals surface area contributed by atoms with Gasteiger partial charge in [-0.05, 0) is 20.0 Å². The lowest BCUT2D eigenvalue weighted by Crippen LogP contribution is -2.43. The summed E-state index contributed by atoms with van der Waals surface area (Å²) in [5.74, 6) is 0.673. The summed E-state index contributed by atoms with van der Waals surface area (Å²) in [6.07, 6.45) is 0.549. The monoisotopic (exact) mass is 215 g/mol. The Morgan fingerprint density at radius 2 is 1.93 bits per heavy atom. The first-order valence-corrected chi connectivity index (χ1v) is 5.56. The molecule has 90 valence electrons. The molecule has 0 bridgehead atoms. The molecule has 0 aromatic rings. The van der Waals surface area contributed by atoms with Gasteiger partial charge < -0.3 is 15.5 Å². The third kappa shape index (κ3) is 7.33. The SMILES string of the molecule is CNC(=O)CCNC(CN(C)C)C(C)C. The van der Waals surface area contributed by atoms with Crippen molar-refractivity contribution in [1.29, 1.82) is 0 Å². The Bertz CT molecular complexity index is 181. The summed E-state index contributed by atoms with van der Waals surface area (Å²) < 4.78 is 0. The predicted octanol–water partition coefficient (Wildman–Crippen LogP) is 0.298. The van der Waals surface area contributed by atoms with Crippen LogP contribution in [0.15, 0.2) is 0 Å². The van der Waals surface area contributed by atoms with Crippen LogP contribution >= 0.6 is 0 Å². The Morgan fingerprint density at radius 1 is 1.33 bits per heavy atom. The zero-order valence-electron chi connectivity index (χ0n) is 10.6. The predicted molar refractivity (Wildman–Crippen MR) is 63.9 cm³/mol. The van der Waals surface area contributed by atoms with Gasteiger partial charge in [-0.15, -0.1) is 0 Å². The average molecular weight is 215 g/mol. The van der Waals surface area contributed by atoms with Crippen molar-refractivity contribution in [3.8, 4) is 0 Å². The number of likely N-dealkylation sites (N-methyl/N-ethyl adjacent to an activating group) is 1. The first-order chi connectivity index (χ1) is 6.97. The molecule has 0 aromatic carbocycles. The van der Waals surface area contributed by atoms with Gasteiger partial charge in [0.25, 0.3) is 0 Å². The number of hydrogen-bond acceptors (Lipinski definition) is 3. The maximum Gasteiger partial charge on any atom is 0.221 e. The van der Waals surface area contributed by atoms with Gasteiger partial charge in [-0.2, -0.15) is 0 Å². The van der Waals surface area contributed by atoms with E-state index in [0.29, 0.717) is 18.4 Å². The van der Waals surface area contributed by atoms with E-state index < -0.39 is 0 Å². The van der Waals surface area contributed by atoms with Crippen LogP contribution in [0.4, 0.5) is 0 Å². The molecule has 1 atom stereocenters. The van der Waals surface area contributed by atoms with Crippen molar-refractivity contribution in [2.24, 2.45) is 5.92 Å². The third-order valence-electron chi connectivity index (χ3n) is 2.40. The van der Waals surface area contributed by atoms with Gasteiger partial charge in [-0.25, -0.2) is 0 Å². The fraction of sp³-hybridized carbons (Fsp3) is 0.909. The minimum Gasteiger partial charge on any atom is -0.359 e. The van der Waals surface area contributed by atoms with Crippen LogP contribution in [0.2, 0.25) is 0 Å². The molecular weight excluding hydrogens is 190 g/mol. The summed E-state index contributed by atoms with van der Waals surface area (Å²) in [7, 11) is 5.80. The van der Waals surface area contributed by atoms with E-state index in [1.807, 2.05) is 0 Å². The molecule has 0 aliphatic heterocycles. The molecule has 0 saturated carbocycles. The second-order valence-corrected chi connectivity index (χ2v) is 4.49. The Balaban J connectivity index is 3.81. The van der Waals surface area contributed by atoms with E-state index in [1.165, 1.54) is 0 Å². The highest BCUT2D eigenvalue weighted by Crippen LogP contribution is 2.02. The van der Waals surface area contributed by atoms with Gasteiger partial charge in [-0.3, -0.25) is 4.79 Å². The molecular formula is C11H25N3O. The highest BCUT2D eigenvalue weighted by Gasteiger charge is 2.13. The van der Waals surface area contributed by atoms with Gasteiger partial charge in [0.05, 0.1) is 0 Å². The van der Waals surface area contributed by atoms with E-state index >= 15 is 0 Å². The van der Waals surface area contributed by atoms with Crippen LogP contribution in [0.3, 0.4) is 0 Å². The average Bonchev–Trinajstić information content (AvgIpc) is 2.15. The first kappa shape index (κ1) is 14.4. The topological polar surface area (TPSA) is 44.4 Å². The number of nitrogens with zero attached hydrogens (tertiary/aromatic N) is 1. The molecule has 1 amide bonds. The van der Waals surface area contributed by atoms with Crippen LogP contribution in [0.25, 0.3) is 0 Å². The second-order valence-electron chi connectivity index (χ2n) is 4.49. The van der Waals surface area contributed by atoms with Gasteiger partial charge in [0.15, 0.2) is 0 Å². The van der Waals surface area contributed by atoms with Crippen molar-refractivity contribution in [1.82, 2.24) is 15.5 Å². The molecule has 0 rings (SSSR count). The summed E-state index contributed by atoms with van der Waals surface area (Å²) in [6, 6.07) is 0.449. The van der Waals surface area contributed by atoms with Gasteiger partial charge >= 0.3 is 0 Å². The number of rotatable bonds is 7. The molecule has 2 N–H and O–H groups in total. The van der Waals surface area contributed by atoms with Crippen molar-refractivity contribution in [2.45, 2.75) is 26.3 Å². The maximum absolute atomic E-state index is 11.0. The third-order valence-corrected chi connectivity index (χ3v) is 2.40. The highest BCUT2D eigenvalue weighted by molar-refractivity contribution is 5.75. The van der Waals surface area contributed by atoms with Crippen LogP contribution in [0.1, 0.15) is 20.3 Å². The molecule has 0 heterocycles. The van der Waals surface area contributed by atoms with Crippen LogP contribution in [0, 0.1) is 5.92 Å². The van der Waals surface area contributed by atoms with Gasteiger partial charge in [0.2, 0.25) is 5.91 Å². The standard InChI is InChI=1S/C11H25N3O/c1-9(2)10(8-14(4)5)13-7-6-11(15)12-3/h9-10,13H,6-8H2,1-5H3,(H,12,15). The van der Waals surface area contributed by atoms with E-state index in [-0.39, 0.29) is 5.91 Å². The minimum absolute atomic E-state index is 0.0925. The lowest BCUT2D eigenvalue weighted by atomic mass is 10.0. The summed E-state index contributed by atoms with van der Waals surface area (Å²) in [5, 5.41) is 6.03. The van der Waals surface area contributed by atoms with Gasteiger partial charge in [0, 0.05) is 32.6 Å². The van der Waals surface area contributed by atoms with Crippen molar-refractivity contribution < 1.29 is 4.79 Å². The van der Waals surface area contributed by atoms with Gasteiger partial charge in [-0.1, -0.05) is 13.8 Å². The van der Waals surface area contributed by atoms with Crippen LogP contribution < -0.4 is 10.6 Å². The minimum atomic E-state index is 0.0925. The normalized spacial score (nSPS) is 13.3. The molecule has 1 unspecified atom stereocenters. The second kappa shape index (κ2) is 7.65. The lowest BCUT2D eigenvalue weighted by Gasteiger charge is -2.25. The first-order valence-electron chi connectivity index (χ1n) is 5.56. The molecule has 0 aliphatic carbocycles. The molecule has 15 heavy (non-hydrogen) atoms. The van der Waals surface area contributed by atoms with E-state index in [2.05, 4.69) is 43.5 Å². The number of hydrogen-bond donors (Lipinski definition) is 2. The molecule has 0 radical (unpaired) electrons. The van der Waals surface area contributed by atoms with E-state index in [0.717, 1.165) is 13.1 Å². The molecule has 4 nitrogen and oxygen atoms in total. The summed E-state index contributed by atoms with van der Waals surface area (Å²) in [4.78, 5) is 13.2. The Kier molecular flexibility index (Phi) is 7.34. The zero-order chi connectivity index (χ0) is 11.8. The fourth-order valence-electron chi connectivity index (χ4n) is 1.40. The van der Waals surface area contributed by atoms with Crippen LogP contribution in [-0.2, 0) is 4.79 Å². The van der Waals surface area contributed by atoms with E-state index in [1.54, 1.807) is 7.05 Å². The molecule has 4 heteroatoms.